The van der Waals surface area contributed by atoms with Crippen molar-refractivity contribution < 1.29 is 13.2 Å². The zero-order valence-corrected chi connectivity index (χ0v) is 19.2. The summed E-state index contributed by atoms with van der Waals surface area (Å²) < 4.78 is 29.1. The van der Waals surface area contributed by atoms with Crippen LogP contribution < -0.4 is 10.2 Å². The summed E-state index contributed by atoms with van der Waals surface area (Å²) in [6.45, 7) is 1.05. The van der Waals surface area contributed by atoms with Crippen molar-refractivity contribution in [2.45, 2.75) is 24.2 Å². The summed E-state index contributed by atoms with van der Waals surface area (Å²) in [5.41, 5.74) is 2.76. The zero-order chi connectivity index (χ0) is 22.7. The average molecular weight is 453 g/mol. The maximum atomic E-state index is 13.1. The molecule has 7 nitrogen and oxygen atoms in total. The molecular weight excluding hydrogens is 424 g/mol. The van der Waals surface area contributed by atoms with E-state index >= 15 is 0 Å². The van der Waals surface area contributed by atoms with E-state index in [-0.39, 0.29) is 16.5 Å². The minimum Gasteiger partial charge on any atom is -0.345 e. The fraction of sp³-hybridized carbons (Fsp3) is 0.292. The van der Waals surface area contributed by atoms with E-state index in [0.29, 0.717) is 18.8 Å². The molecule has 0 bridgehead atoms. The molecule has 1 fully saturated rings. The molecule has 168 valence electrons. The first-order chi connectivity index (χ1) is 15.4. The fourth-order valence-corrected chi connectivity index (χ4v) is 5.59. The van der Waals surface area contributed by atoms with Gasteiger partial charge in [-0.05, 0) is 43.2 Å². The maximum absolute atomic E-state index is 13.1. The number of nitrogens with zero attached hydrogens (tertiary/aromatic N) is 3. The molecule has 4 rings (SSSR count). The summed E-state index contributed by atoms with van der Waals surface area (Å²) in [5.74, 6) is -0.360. The Hall–Kier alpha value is -3.10. The van der Waals surface area contributed by atoms with Crippen LogP contribution in [-0.4, -0.2) is 43.3 Å². The number of sulfonamides is 1. The molecule has 0 atom stereocenters. The van der Waals surface area contributed by atoms with Gasteiger partial charge in [-0.25, -0.2) is 8.42 Å². The van der Waals surface area contributed by atoms with Crippen LogP contribution in [0.5, 0.6) is 0 Å². The fourth-order valence-electron chi connectivity index (χ4n) is 4.00. The number of carbonyl (C=O) groups is 1. The Bertz CT molecular complexity index is 1200. The van der Waals surface area contributed by atoms with E-state index < -0.39 is 10.0 Å². The molecule has 1 amide bonds. The highest BCUT2D eigenvalue weighted by atomic mass is 32.2. The van der Waals surface area contributed by atoms with Crippen LogP contribution in [0, 0.1) is 0 Å². The number of hydrogen-bond donors (Lipinski definition) is 1. The Labute approximate surface area is 189 Å². The highest BCUT2D eigenvalue weighted by molar-refractivity contribution is 7.89. The van der Waals surface area contributed by atoms with Crippen LogP contribution in [0.1, 0.15) is 29.8 Å². The molecule has 2 heterocycles. The van der Waals surface area contributed by atoms with Gasteiger partial charge in [-0.2, -0.15) is 4.31 Å². The van der Waals surface area contributed by atoms with Crippen molar-refractivity contribution in [1.82, 2.24) is 8.87 Å². The third-order valence-electron chi connectivity index (χ3n) is 5.82. The van der Waals surface area contributed by atoms with Gasteiger partial charge in [0.25, 0.3) is 5.91 Å². The summed E-state index contributed by atoms with van der Waals surface area (Å²) in [5, 5.41) is 2.95. The molecule has 3 aromatic rings. The minimum absolute atomic E-state index is 0.154. The Morgan fingerprint density at radius 1 is 0.969 bits per heavy atom. The van der Waals surface area contributed by atoms with Crippen molar-refractivity contribution in [3.05, 3.63) is 72.6 Å². The summed E-state index contributed by atoms with van der Waals surface area (Å²) >= 11 is 0. The lowest BCUT2D eigenvalue weighted by atomic mass is 10.2. The third kappa shape index (κ3) is 4.42. The molecule has 1 N–H and O–H groups in total. The minimum atomic E-state index is -3.60. The molecule has 1 aromatic heterocycles. The number of carbonyl (C=O) groups excluding carboxylic acids is 1. The average Bonchev–Trinajstić information content (AvgIpc) is 3.23. The molecule has 0 saturated carbocycles. The molecule has 1 saturated heterocycles. The summed E-state index contributed by atoms with van der Waals surface area (Å²) in [6, 6.07) is 18.9. The second kappa shape index (κ2) is 9.18. The zero-order valence-electron chi connectivity index (χ0n) is 18.4. The van der Waals surface area contributed by atoms with Crippen molar-refractivity contribution in [1.29, 1.82) is 0 Å². The van der Waals surface area contributed by atoms with Crippen molar-refractivity contribution in [2.24, 2.45) is 7.05 Å². The van der Waals surface area contributed by atoms with E-state index in [2.05, 4.69) is 5.32 Å². The van der Waals surface area contributed by atoms with Gasteiger partial charge in [0.15, 0.2) is 0 Å². The first-order valence-electron chi connectivity index (χ1n) is 10.7. The van der Waals surface area contributed by atoms with Gasteiger partial charge in [-0.15, -0.1) is 0 Å². The summed E-state index contributed by atoms with van der Waals surface area (Å²) in [4.78, 5) is 15.3. The number of piperidine rings is 1. The Morgan fingerprint density at radius 2 is 1.62 bits per heavy atom. The first-order valence-corrected chi connectivity index (χ1v) is 12.2. The molecule has 8 heteroatoms. The van der Waals surface area contributed by atoms with E-state index in [0.717, 1.165) is 30.6 Å². The van der Waals surface area contributed by atoms with Gasteiger partial charge in [0.05, 0.1) is 11.4 Å². The van der Waals surface area contributed by atoms with Crippen LogP contribution in [0.25, 0.3) is 0 Å². The number of anilines is 3. The molecule has 1 aliphatic heterocycles. The molecule has 2 aromatic carbocycles. The number of para-hydroxylation sites is 3. The highest BCUT2D eigenvalue weighted by Crippen LogP contribution is 2.31. The van der Waals surface area contributed by atoms with E-state index in [1.807, 2.05) is 66.5 Å². The number of hydrogen-bond acceptors (Lipinski definition) is 4. The van der Waals surface area contributed by atoms with E-state index in [1.165, 1.54) is 16.6 Å². The predicted molar refractivity (Wildman–Crippen MR) is 127 cm³/mol. The Kier molecular flexibility index (Phi) is 6.34. The summed E-state index contributed by atoms with van der Waals surface area (Å²) in [7, 11) is 0.0198. The van der Waals surface area contributed by atoms with Gasteiger partial charge in [0.1, 0.15) is 10.6 Å². The van der Waals surface area contributed by atoms with Crippen LogP contribution in [0.3, 0.4) is 0 Å². The maximum Gasteiger partial charge on any atom is 0.272 e. The Morgan fingerprint density at radius 3 is 2.34 bits per heavy atom. The molecule has 32 heavy (non-hydrogen) atoms. The van der Waals surface area contributed by atoms with Crippen molar-refractivity contribution in [3.8, 4) is 0 Å². The number of rotatable bonds is 6. The lowest BCUT2D eigenvalue weighted by Crippen LogP contribution is -2.35. The highest BCUT2D eigenvalue weighted by Gasteiger charge is 2.28. The van der Waals surface area contributed by atoms with Gasteiger partial charge in [0.2, 0.25) is 10.0 Å². The molecule has 0 aliphatic carbocycles. The number of aromatic nitrogens is 1. The van der Waals surface area contributed by atoms with Crippen molar-refractivity contribution in [2.75, 3.05) is 30.4 Å². The smallest absolute Gasteiger partial charge is 0.272 e. The molecule has 1 aliphatic rings. The second-order valence-electron chi connectivity index (χ2n) is 8.00. The number of nitrogens with one attached hydrogen (secondary N) is 1. The largest absolute Gasteiger partial charge is 0.345 e. The first kappa shape index (κ1) is 22.1. The van der Waals surface area contributed by atoms with Gasteiger partial charge >= 0.3 is 0 Å². The van der Waals surface area contributed by atoms with Crippen LogP contribution >= 0.6 is 0 Å². The van der Waals surface area contributed by atoms with Crippen molar-refractivity contribution in [3.63, 3.8) is 0 Å². The van der Waals surface area contributed by atoms with E-state index in [4.69, 9.17) is 0 Å². The molecule has 0 radical (unpaired) electrons. The van der Waals surface area contributed by atoms with Crippen LogP contribution in [0.4, 0.5) is 17.1 Å². The molecule has 0 unspecified atom stereocenters. The SMILES string of the molecule is CN(c1ccccc1)c1ccccc1NC(=O)c1cc(S(=O)(=O)N2CCCCC2)cn1C. The monoisotopic (exact) mass is 452 g/mol. The van der Waals surface area contributed by atoms with Crippen LogP contribution in [0.15, 0.2) is 71.8 Å². The molecular formula is C24H28N4O3S. The third-order valence-corrected chi connectivity index (χ3v) is 7.69. The topological polar surface area (TPSA) is 74.7 Å². The van der Waals surface area contributed by atoms with Gasteiger partial charge in [0, 0.05) is 39.1 Å². The quantitative estimate of drug-likeness (QED) is 0.608. The van der Waals surface area contributed by atoms with Crippen LogP contribution in [-0.2, 0) is 17.1 Å². The summed E-state index contributed by atoms with van der Waals surface area (Å²) in [6.07, 6.45) is 4.29. The number of benzene rings is 2. The Balaban J connectivity index is 1.58. The van der Waals surface area contributed by atoms with Gasteiger partial charge < -0.3 is 14.8 Å². The predicted octanol–water partition coefficient (Wildman–Crippen LogP) is 4.22. The van der Waals surface area contributed by atoms with Gasteiger partial charge in [-0.1, -0.05) is 36.8 Å². The molecule has 0 spiro atoms. The standard InChI is InChI=1S/C24H28N4O3S/c1-26-18-20(32(30,31)28-15-9-4-10-16-28)17-23(26)24(29)25-21-13-7-8-14-22(21)27(2)19-11-5-3-6-12-19/h3,5-8,11-14,17-18H,4,9-10,15-16H2,1-2H3,(H,25,29). The van der Waals surface area contributed by atoms with Gasteiger partial charge in [-0.3, -0.25) is 4.79 Å². The van der Waals surface area contributed by atoms with Crippen molar-refractivity contribution >= 4 is 33.0 Å². The second-order valence-corrected chi connectivity index (χ2v) is 9.94. The number of amides is 1. The van der Waals surface area contributed by atoms with E-state index in [1.54, 1.807) is 11.6 Å². The lowest BCUT2D eigenvalue weighted by Gasteiger charge is -2.25. The number of aryl methyl sites for hydroxylation is 1. The van der Waals surface area contributed by atoms with E-state index in [9.17, 15) is 13.2 Å². The normalized spacial score (nSPS) is 14.8. The van der Waals surface area contributed by atoms with Crippen LogP contribution in [0.2, 0.25) is 0 Å². The lowest BCUT2D eigenvalue weighted by molar-refractivity contribution is 0.101.